The Morgan fingerprint density at radius 3 is 2.28 bits per heavy atom. The second-order valence-corrected chi connectivity index (χ2v) is 5.84. The SMILES string of the molecule is CC(C)(C)c1ccc(CC(N)CCC(=O)O)cc1. The molecule has 0 saturated heterocycles. The third kappa shape index (κ3) is 4.88. The average Bonchev–Trinajstić information content (AvgIpc) is 2.26. The van der Waals surface area contributed by atoms with E-state index in [0.717, 1.165) is 6.42 Å². The molecule has 1 atom stereocenters. The molecule has 0 aliphatic rings. The highest BCUT2D eigenvalue weighted by atomic mass is 16.4. The Morgan fingerprint density at radius 2 is 1.83 bits per heavy atom. The van der Waals surface area contributed by atoms with Crippen molar-refractivity contribution >= 4 is 5.97 Å². The highest BCUT2D eigenvalue weighted by Crippen LogP contribution is 2.22. The highest BCUT2D eigenvalue weighted by Gasteiger charge is 2.13. The maximum absolute atomic E-state index is 10.5. The molecule has 1 aromatic rings. The molecule has 3 N–H and O–H groups in total. The van der Waals surface area contributed by atoms with Crippen LogP contribution in [-0.4, -0.2) is 17.1 Å². The summed E-state index contributed by atoms with van der Waals surface area (Å²) in [6.07, 6.45) is 1.40. The maximum Gasteiger partial charge on any atom is 0.303 e. The second kappa shape index (κ2) is 6.01. The van der Waals surface area contributed by atoms with Crippen molar-refractivity contribution < 1.29 is 9.90 Å². The average molecular weight is 249 g/mol. The highest BCUT2D eigenvalue weighted by molar-refractivity contribution is 5.66. The van der Waals surface area contributed by atoms with Gasteiger partial charge in [-0.2, -0.15) is 0 Å². The molecule has 0 aromatic heterocycles. The Morgan fingerprint density at radius 1 is 1.28 bits per heavy atom. The number of hydrogen-bond donors (Lipinski definition) is 2. The van der Waals surface area contributed by atoms with Crippen molar-refractivity contribution in [2.24, 2.45) is 5.73 Å². The molecule has 0 aliphatic carbocycles. The van der Waals surface area contributed by atoms with Crippen molar-refractivity contribution in [2.75, 3.05) is 0 Å². The van der Waals surface area contributed by atoms with Crippen molar-refractivity contribution in [3.8, 4) is 0 Å². The summed E-state index contributed by atoms with van der Waals surface area (Å²) in [7, 11) is 0. The van der Waals surface area contributed by atoms with Gasteiger partial charge in [-0.25, -0.2) is 0 Å². The normalized spacial score (nSPS) is 13.3. The minimum atomic E-state index is -0.784. The summed E-state index contributed by atoms with van der Waals surface area (Å²) in [5.74, 6) is -0.784. The van der Waals surface area contributed by atoms with Gasteiger partial charge in [-0.3, -0.25) is 4.79 Å². The lowest BCUT2D eigenvalue weighted by atomic mass is 9.86. The molecule has 0 spiro atoms. The quantitative estimate of drug-likeness (QED) is 0.843. The minimum absolute atomic E-state index is 0.0819. The maximum atomic E-state index is 10.5. The topological polar surface area (TPSA) is 63.3 Å². The van der Waals surface area contributed by atoms with Gasteiger partial charge >= 0.3 is 5.97 Å². The van der Waals surface area contributed by atoms with Crippen LogP contribution in [0.2, 0.25) is 0 Å². The zero-order valence-corrected chi connectivity index (χ0v) is 11.4. The molecular formula is C15H23NO2. The second-order valence-electron chi connectivity index (χ2n) is 5.84. The van der Waals surface area contributed by atoms with Crippen molar-refractivity contribution in [3.05, 3.63) is 35.4 Å². The predicted molar refractivity (Wildman–Crippen MR) is 73.7 cm³/mol. The van der Waals surface area contributed by atoms with Crippen LogP contribution in [0.25, 0.3) is 0 Å². The third-order valence-corrected chi connectivity index (χ3v) is 3.05. The predicted octanol–water partition coefficient (Wildman–Crippen LogP) is 2.72. The summed E-state index contributed by atoms with van der Waals surface area (Å²) in [4.78, 5) is 10.5. The third-order valence-electron chi connectivity index (χ3n) is 3.05. The molecule has 0 radical (unpaired) electrons. The lowest BCUT2D eigenvalue weighted by Crippen LogP contribution is -2.23. The number of carboxylic acid groups (broad SMARTS) is 1. The van der Waals surface area contributed by atoms with E-state index in [4.69, 9.17) is 10.8 Å². The van der Waals surface area contributed by atoms with E-state index in [2.05, 4.69) is 45.0 Å². The molecule has 3 heteroatoms. The zero-order chi connectivity index (χ0) is 13.8. The molecule has 1 rings (SSSR count). The van der Waals surface area contributed by atoms with E-state index in [1.807, 2.05) is 0 Å². The van der Waals surface area contributed by atoms with Crippen LogP contribution in [0.1, 0.15) is 44.7 Å². The van der Waals surface area contributed by atoms with Crippen LogP contribution in [0.15, 0.2) is 24.3 Å². The summed E-state index contributed by atoms with van der Waals surface area (Å²) in [6, 6.07) is 8.34. The lowest BCUT2D eigenvalue weighted by Gasteiger charge is -2.19. The van der Waals surface area contributed by atoms with Gasteiger partial charge in [-0.1, -0.05) is 45.0 Å². The van der Waals surface area contributed by atoms with Crippen LogP contribution in [-0.2, 0) is 16.6 Å². The van der Waals surface area contributed by atoms with Crippen LogP contribution in [0.5, 0.6) is 0 Å². The number of carbonyl (C=O) groups is 1. The molecule has 100 valence electrons. The first-order valence-electron chi connectivity index (χ1n) is 6.36. The molecule has 0 bridgehead atoms. The molecule has 0 aliphatic heterocycles. The largest absolute Gasteiger partial charge is 0.481 e. The Bertz CT molecular complexity index is 390. The Labute approximate surface area is 109 Å². The van der Waals surface area contributed by atoms with Crippen LogP contribution in [0.4, 0.5) is 0 Å². The van der Waals surface area contributed by atoms with E-state index in [1.54, 1.807) is 0 Å². The standard InChI is InChI=1S/C15H23NO2/c1-15(2,3)12-6-4-11(5-7-12)10-13(16)8-9-14(17)18/h4-7,13H,8-10,16H2,1-3H3,(H,17,18). The van der Waals surface area contributed by atoms with Crippen molar-refractivity contribution in [3.63, 3.8) is 0 Å². The number of benzene rings is 1. The van der Waals surface area contributed by atoms with Gasteiger partial charge in [0.2, 0.25) is 0 Å². The van der Waals surface area contributed by atoms with Crippen LogP contribution in [0, 0.1) is 0 Å². The Kier molecular flexibility index (Phi) is 4.91. The number of carboxylic acids is 1. The van der Waals surface area contributed by atoms with Gasteiger partial charge in [0.25, 0.3) is 0 Å². The van der Waals surface area contributed by atoms with Gasteiger partial charge in [0, 0.05) is 12.5 Å². The van der Waals surface area contributed by atoms with E-state index >= 15 is 0 Å². The summed E-state index contributed by atoms with van der Waals surface area (Å²) in [5, 5.41) is 8.60. The fraction of sp³-hybridized carbons (Fsp3) is 0.533. The van der Waals surface area contributed by atoms with Gasteiger partial charge in [0.1, 0.15) is 0 Å². The van der Waals surface area contributed by atoms with Crippen LogP contribution < -0.4 is 5.73 Å². The van der Waals surface area contributed by atoms with Crippen molar-refractivity contribution in [1.29, 1.82) is 0 Å². The fourth-order valence-electron chi connectivity index (χ4n) is 1.85. The Balaban J connectivity index is 2.56. The summed E-state index contributed by atoms with van der Waals surface area (Å²) in [5.41, 5.74) is 8.54. The first-order chi connectivity index (χ1) is 8.29. The summed E-state index contributed by atoms with van der Waals surface area (Å²) >= 11 is 0. The fourth-order valence-corrected chi connectivity index (χ4v) is 1.85. The zero-order valence-electron chi connectivity index (χ0n) is 11.4. The van der Waals surface area contributed by atoms with Gasteiger partial charge in [-0.15, -0.1) is 0 Å². The van der Waals surface area contributed by atoms with E-state index < -0.39 is 5.97 Å². The lowest BCUT2D eigenvalue weighted by molar-refractivity contribution is -0.137. The molecule has 3 nitrogen and oxygen atoms in total. The molecule has 18 heavy (non-hydrogen) atoms. The molecule has 0 fully saturated rings. The first-order valence-corrected chi connectivity index (χ1v) is 6.36. The van der Waals surface area contributed by atoms with Gasteiger partial charge in [-0.05, 0) is 29.4 Å². The van der Waals surface area contributed by atoms with Gasteiger partial charge < -0.3 is 10.8 Å². The van der Waals surface area contributed by atoms with E-state index in [0.29, 0.717) is 6.42 Å². The first kappa shape index (κ1) is 14.7. The van der Waals surface area contributed by atoms with E-state index in [-0.39, 0.29) is 17.9 Å². The number of rotatable bonds is 5. The number of hydrogen-bond acceptors (Lipinski definition) is 2. The van der Waals surface area contributed by atoms with Crippen LogP contribution in [0.3, 0.4) is 0 Å². The van der Waals surface area contributed by atoms with Gasteiger partial charge in [0.15, 0.2) is 0 Å². The molecule has 0 heterocycles. The molecule has 1 unspecified atom stereocenters. The number of aliphatic carboxylic acids is 1. The van der Waals surface area contributed by atoms with Gasteiger partial charge in [0.05, 0.1) is 0 Å². The van der Waals surface area contributed by atoms with Crippen molar-refractivity contribution in [1.82, 2.24) is 0 Å². The molecular weight excluding hydrogens is 226 g/mol. The summed E-state index contributed by atoms with van der Waals surface area (Å²) < 4.78 is 0. The smallest absolute Gasteiger partial charge is 0.303 e. The van der Waals surface area contributed by atoms with Crippen molar-refractivity contribution in [2.45, 2.75) is 51.5 Å². The number of nitrogens with two attached hydrogens (primary N) is 1. The van der Waals surface area contributed by atoms with E-state index in [9.17, 15) is 4.79 Å². The molecule has 0 saturated carbocycles. The Hall–Kier alpha value is -1.35. The van der Waals surface area contributed by atoms with Crippen LogP contribution >= 0.6 is 0 Å². The monoisotopic (exact) mass is 249 g/mol. The molecule has 0 amide bonds. The minimum Gasteiger partial charge on any atom is -0.481 e. The van der Waals surface area contributed by atoms with E-state index in [1.165, 1.54) is 11.1 Å². The summed E-state index contributed by atoms with van der Waals surface area (Å²) in [6.45, 7) is 6.54. The molecule has 1 aromatic carbocycles.